The Bertz CT molecular complexity index is 6350. The summed E-state index contributed by atoms with van der Waals surface area (Å²) in [7, 11) is 0. The number of hydrogen-bond acceptors (Lipinski definition) is 12. The fourth-order valence-electron chi connectivity index (χ4n) is 15.1. The Morgan fingerprint density at radius 1 is 0.185 bits per heavy atom. The van der Waals surface area contributed by atoms with E-state index in [0.29, 0.717) is 113 Å². The molecule has 0 aliphatic heterocycles. The molecule has 568 valence electrons. The Morgan fingerprint density at radius 2 is 0.361 bits per heavy atom. The Kier molecular flexibility index (Phi) is 17.9. The summed E-state index contributed by atoms with van der Waals surface area (Å²) in [6, 6.07) is 95.2. The molecule has 22 heteroatoms. The third kappa shape index (κ3) is 13.2. The summed E-state index contributed by atoms with van der Waals surface area (Å²) >= 11 is 0. The van der Waals surface area contributed by atoms with E-state index in [9.17, 15) is 0 Å². The van der Waals surface area contributed by atoms with Crippen molar-refractivity contribution < 1.29 is 35.1 Å². The highest BCUT2D eigenvalue weighted by atomic mass is 19.4. The fourth-order valence-corrected chi connectivity index (χ4v) is 15.1. The van der Waals surface area contributed by atoms with Crippen LogP contribution in [0.15, 0.2) is 328 Å². The van der Waals surface area contributed by atoms with Crippen LogP contribution >= 0.6 is 0 Å². The predicted octanol–water partition coefficient (Wildman–Crippen LogP) is 24.0. The van der Waals surface area contributed by atoms with Gasteiger partial charge >= 0.3 is 6.18 Å². The van der Waals surface area contributed by atoms with Gasteiger partial charge < -0.3 is 9.13 Å². The summed E-state index contributed by atoms with van der Waals surface area (Å²) in [5.41, 5.74) is 1.66. The molecule has 0 saturated heterocycles. The van der Waals surface area contributed by atoms with Gasteiger partial charge in [0.2, 0.25) is 5.82 Å². The van der Waals surface area contributed by atoms with Crippen molar-refractivity contribution in [2.75, 3.05) is 0 Å². The maximum absolute atomic E-state index is 18.1. The van der Waals surface area contributed by atoms with Crippen LogP contribution in [-0.4, -0.2) is 68.9 Å². The summed E-state index contributed by atoms with van der Waals surface area (Å²) in [5, 5.41) is 1.13. The molecule has 20 aromatic rings. The standard InChI is InChI=1S/C97H54F8N14/c98-80-78(81(99)83(101)84(102)82(80)100)67-53-76(118-72-45-41-63(93-110-85(55-25-9-1-10-26-55)106-86(111-93)56-27-11-2-12-28-56)49-68(72)69-50-64(42-46-73(69)118)94-112-87(57-29-13-3-14-30-57)107-88(113-94)58-31-15-4-16-32-58)79(97(103,104)105)77(54-67)119-74-47-43-65(95-114-89(59-33-17-5-18-34-59)108-90(115-95)60-35-19-6-20-36-60)51-70(74)71-52-66(44-48-75(71)119)96-116-91(61-37-21-7-22-38-61)109-92(117-96)62-39-23-8-24-40-62/h1-54H. The van der Waals surface area contributed by atoms with Crippen LogP contribution in [0.1, 0.15) is 5.56 Å². The van der Waals surface area contributed by atoms with Crippen LogP contribution in [0.5, 0.6) is 0 Å². The van der Waals surface area contributed by atoms with Gasteiger partial charge in [-0.2, -0.15) is 13.2 Å². The lowest BCUT2D eigenvalue weighted by atomic mass is 9.97. The lowest BCUT2D eigenvalue weighted by Crippen LogP contribution is -2.16. The van der Waals surface area contributed by atoms with Crippen molar-refractivity contribution in [1.82, 2.24) is 68.9 Å². The van der Waals surface area contributed by atoms with Crippen LogP contribution in [-0.2, 0) is 6.18 Å². The van der Waals surface area contributed by atoms with Crippen molar-refractivity contribution in [3.8, 4) is 159 Å². The Morgan fingerprint density at radius 3 is 0.546 bits per heavy atom. The number of aromatic nitrogens is 14. The quantitative estimate of drug-likeness (QED) is 0.0543. The number of fused-ring (bicyclic) bond motifs is 6. The van der Waals surface area contributed by atoms with Gasteiger partial charge in [-0.25, -0.2) is 81.8 Å². The minimum absolute atomic E-state index is 0.0684. The zero-order valence-corrected chi connectivity index (χ0v) is 62.0. The summed E-state index contributed by atoms with van der Waals surface area (Å²) in [6.45, 7) is 0. The number of hydrogen-bond donors (Lipinski definition) is 0. The molecule has 0 unspecified atom stereocenters. The predicted molar refractivity (Wildman–Crippen MR) is 444 cm³/mol. The third-order valence-corrected chi connectivity index (χ3v) is 20.7. The molecule has 0 atom stereocenters. The highest BCUT2D eigenvalue weighted by molar-refractivity contribution is 6.14. The molecule has 0 radical (unpaired) electrons. The molecule has 14 nitrogen and oxygen atoms in total. The lowest BCUT2D eigenvalue weighted by molar-refractivity contribution is -0.137. The Labute approximate surface area is 671 Å². The molecule has 0 aliphatic rings. The first-order valence-corrected chi connectivity index (χ1v) is 37.6. The number of nitrogens with zero attached hydrogens (tertiary/aromatic N) is 14. The highest BCUT2D eigenvalue weighted by Gasteiger charge is 2.41. The van der Waals surface area contributed by atoms with Gasteiger partial charge in [0.25, 0.3) is 0 Å². The lowest BCUT2D eigenvalue weighted by Gasteiger charge is -2.23. The van der Waals surface area contributed by atoms with Crippen molar-refractivity contribution in [3.05, 3.63) is 362 Å². The second-order valence-corrected chi connectivity index (χ2v) is 28.1. The first kappa shape index (κ1) is 72.1. The molecule has 0 saturated carbocycles. The minimum atomic E-state index is -5.47. The Balaban J connectivity index is 0.888. The molecule has 6 heterocycles. The topological polar surface area (TPSA) is 165 Å². The van der Waals surface area contributed by atoms with Gasteiger partial charge in [0, 0.05) is 88.3 Å². The maximum atomic E-state index is 18.1. The van der Waals surface area contributed by atoms with E-state index in [1.54, 1.807) is 72.8 Å². The van der Waals surface area contributed by atoms with Crippen molar-refractivity contribution >= 4 is 43.6 Å². The van der Waals surface area contributed by atoms with Crippen molar-refractivity contribution in [1.29, 1.82) is 0 Å². The van der Waals surface area contributed by atoms with Crippen LogP contribution in [0.4, 0.5) is 35.1 Å². The van der Waals surface area contributed by atoms with E-state index in [1.807, 2.05) is 243 Å². The smallest absolute Gasteiger partial charge is 0.309 e. The zero-order valence-electron chi connectivity index (χ0n) is 62.0. The molecular weight excluding hydrogens is 1510 g/mol. The third-order valence-electron chi connectivity index (χ3n) is 20.7. The molecular formula is C97H54F8N14. The first-order chi connectivity index (χ1) is 58.2. The molecule has 14 aromatic carbocycles. The maximum Gasteiger partial charge on any atom is 0.420 e. The fraction of sp³-hybridized carbons (Fsp3) is 0.0103. The highest BCUT2D eigenvalue weighted by Crippen LogP contribution is 2.49. The van der Waals surface area contributed by atoms with E-state index in [2.05, 4.69) is 0 Å². The second kappa shape index (κ2) is 29.5. The average molecular weight is 1570 g/mol. The summed E-state index contributed by atoms with van der Waals surface area (Å²) < 4.78 is 139. The van der Waals surface area contributed by atoms with E-state index in [-0.39, 0.29) is 66.9 Å². The van der Waals surface area contributed by atoms with Crippen molar-refractivity contribution in [3.63, 3.8) is 0 Å². The van der Waals surface area contributed by atoms with Gasteiger partial charge in [0.15, 0.2) is 93.2 Å². The van der Waals surface area contributed by atoms with Gasteiger partial charge in [-0.3, -0.25) is 0 Å². The van der Waals surface area contributed by atoms with Gasteiger partial charge in [-0.1, -0.05) is 243 Å². The van der Waals surface area contributed by atoms with Crippen LogP contribution in [0.3, 0.4) is 0 Å². The van der Waals surface area contributed by atoms with Crippen LogP contribution in [0, 0.1) is 29.1 Å². The van der Waals surface area contributed by atoms with Gasteiger partial charge in [-0.15, -0.1) is 0 Å². The summed E-state index contributed by atoms with van der Waals surface area (Å²) in [5.74, 6) is -8.61. The Hall–Kier alpha value is -15.8. The number of alkyl halides is 3. The molecule has 0 aliphatic carbocycles. The van der Waals surface area contributed by atoms with E-state index >= 15 is 35.1 Å². The van der Waals surface area contributed by atoms with Gasteiger partial charge in [0.05, 0.1) is 39.0 Å². The normalized spacial score (nSPS) is 11.7. The molecule has 0 fully saturated rings. The summed E-state index contributed by atoms with van der Waals surface area (Å²) in [4.78, 5) is 60.0. The van der Waals surface area contributed by atoms with E-state index in [1.165, 1.54) is 9.13 Å². The molecule has 0 spiro atoms. The molecule has 119 heavy (non-hydrogen) atoms. The van der Waals surface area contributed by atoms with Crippen molar-refractivity contribution in [2.24, 2.45) is 0 Å². The minimum Gasteiger partial charge on any atom is -0.309 e. The SMILES string of the molecule is Fc1c(F)c(F)c(-c2cc(-n3c4ccc(-c5nc(-c6ccccc6)nc(-c6ccccc6)n5)cc4c4cc(-c5nc(-c6ccccc6)nc(-c6ccccc6)n5)ccc43)c(C(F)(F)F)c(-n3c4ccc(-c5nc(-c6ccccc6)nc(-c6ccccc6)n5)cc4c4cc(-c5nc(-c6ccccc6)nc(-c6ccccc6)n5)ccc43)c2)c(F)c1F. The molecule has 6 aromatic heterocycles. The number of benzene rings is 14. The van der Waals surface area contributed by atoms with E-state index < -0.39 is 63.3 Å². The van der Waals surface area contributed by atoms with Crippen LogP contribution < -0.4 is 0 Å². The first-order valence-electron chi connectivity index (χ1n) is 37.6. The molecule has 0 amide bonds. The average Bonchev–Trinajstić information content (AvgIpc) is 1.57. The summed E-state index contributed by atoms with van der Waals surface area (Å²) in [6.07, 6.45) is -5.47. The number of halogens is 8. The van der Waals surface area contributed by atoms with Crippen molar-refractivity contribution in [2.45, 2.75) is 6.18 Å². The second-order valence-electron chi connectivity index (χ2n) is 28.1. The molecule has 0 N–H and O–H groups in total. The van der Waals surface area contributed by atoms with E-state index in [0.717, 1.165) is 12.1 Å². The van der Waals surface area contributed by atoms with Crippen LogP contribution in [0.2, 0.25) is 0 Å². The number of rotatable bonds is 15. The van der Waals surface area contributed by atoms with Crippen LogP contribution in [0.25, 0.3) is 203 Å². The molecule has 0 bridgehead atoms. The zero-order chi connectivity index (χ0) is 80.6. The monoisotopic (exact) mass is 1570 g/mol. The van der Waals surface area contributed by atoms with Gasteiger partial charge in [-0.05, 0) is 90.5 Å². The largest absolute Gasteiger partial charge is 0.420 e. The van der Waals surface area contributed by atoms with Gasteiger partial charge in [0.1, 0.15) is 5.56 Å². The van der Waals surface area contributed by atoms with E-state index in [4.69, 9.17) is 59.8 Å². The molecule has 20 rings (SSSR count).